The highest BCUT2D eigenvalue weighted by molar-refractivity contribution is 5.73. The molecule has 1 aromatic rings. The summed E-state index contributed by atoms with van der Waals surface area (Å²) in [6.07, 6.45) is 1.10. The maximum Gasteiger partial charge on any atom is 0.319 e. The van der Waals surface area contributed by atoms with Gasteiger partial charge in [0.1, 0.15) is 0 Å². The first-order chi connectivity index (χ1) is 8.58. The summed E-state index contributed by atoms with van der Waals surface area (Å²) in [5, 5.41) is 7.92. The van der Waals surface area contributed by atoms with Crippen LogP contribution in [0.15, 0.2) is 6.07 Å². The van der Waals surface area contributed by atoms with E-state index in [0.717, 1.165) is 31.7 Å². The Hall–Kier alpha value is -1.56. The van der Waals surface area contributed by atoms with Crippen molar-refractivity contribution in [3.8, 4) is 0 Å². The SMILES string of the molecule is CN(C)C(=O)N(C)Cc1cc2n(n1)CCCNC2. The molecule has 1 aromatic heterocycles. The monoisotopic (exact) mass is 251 g/mol. The summed E-state index contributed by atoms with van der Waals surface area (Å²) in [4.78, 5) is 15.0. The van der Waals surface area contributed by atoms with Crippen LogP contribution in [0.25, 0.3) is 0 Å². The van der Waals surface area contributed by atoms with Crippen molar-refractivity contribution in [2.45, 2.75) is 26.1 Å². The van der Waals surface area contributed by atoms with Crippen LogP contribution < -0.4 is 5.32 Å². The molecule has 6 nitrogen and oxygen atoms in total. The predicted octanol–water partition coefficient (Wildman–Crippen LogP) is 0.490. The van der Waals surface area contributed by atoms with Crippen molar-refractivity contribution >= 4 is 6.03 Å². The van der Waals surface area contributed by atoms with Gasteiger partial charge >= 0.3 is 6.03 Å². The van der Waals surface area contributed by atoms with Gasteiger partial charge in [-0.05, 0) is 19.0 Å². The molecule has 0 spiro atoms. The van der Waals surface area contributed by atoms with E-state index in [1.165, 1.54) is 5.69 Å². The Bertz CT molecular complexity index is 403. The number of nitrogens with zero attached hydrogens (tertiary/aromatic N) is 4. The molecule has 100 valence electrons. The van der Waals surface area contributed by atoms with Gasteiger partial charge in [-0.2, -0.15) is 5.10 Å². The fourth-order valence-electron chi connectivity index (χ4n) is 2.15. The Morgan fingerprint density at radius 1 is 1.50 bits per heavy atom. The number of nitrogens with one attached hydrogen (secondary N) is 1. The number of amides is 2. The third-order valence-corrected chi connectivity index (χ3v) is 3.05. The van der Waals surface area contributed by atoms with E-state index in [1.54, 1.807) is 30.9 Å². The minimum atomic E-state index is -0.00341. The number of aryl methyl sites for hydroxylation is 1. The molecule has 2 rings (SSSR count). The molecule has 0 saturated carbocycles. The molecule has 0 bridgehead atoms. The van der Waals surface area contributed by atoms with E-state index in [1.807, 2.05) is 4.68 Å². The second kappa shape index (κ2) is 5.39. The third-order valence-electron chi connectivity index (χ3n) is 3.05. The highest BCUT2D eigenvalue weighted by Crippen LogP contribution is 2.10. The van der Waals surface area contributed by atoms with Crippen molar-refractivity contribution in [2.24, 2.45) is 0 Å². The van der Waals surface area contributed by atoms with E-state index >= 15 is 0 Å². The van der Waals surface area contributed by atoms with Gasteiger partial charge in [0.25, 0.3) is 0 Å². The summed E-state index contributed by atoms with van der Waals surface area (Å²) >= 11 is 0. The Kier molecular flexibility index (Phi) is 3.86. The smallest absolute Gasteiger partial charge is 0.319 e. The van der Waals surface area contributed by atoms with Crippen LogP contribution in [0.4, 0.5) is 4.79 Å². The van der Waals surface area contributed by atoms with E-state index in [2.05, 4.69) is 16.5 Å². The van der Waals surface area contributed by atoms with Gasteiger partial charge < -0.3 is 15.1 Å². The van der Waals surface area contributed by atoms with Crippen molar-refractivity contribution < 1.29 is 4.79 Å². The standard InChI is InChI=1S/C12H21N5O/c1-15(2)12(18)16(3)9-10-7-11-8-13-5-4-6-17(11)14-10/h7,13H,4-6,8-9H2,1-3H3. The summed E-state index contributed by atoms with van der Waals surface area (Å²) in [6.45, 7) is 3.40. The number of carbonyl (C=O) groups is 1. The summed E-state index contributed by atoms with van der Waals surface area (Å²) in [6, 6.07) is 2.08. The van der Waals surface area contributed by atoms with E-state index in [-0.39, 0.29) is 6.03 Å². The summed E-state index contributed by atoms with van der Waals surface area (Å²) < 4.78 is 2.04. The van der Waals surface area contributed by atoms with Gasteiger partial charge in [0.05, 0.1) is 17.9 Å². The van der Waals surface area contributed by atoms with E-state index in [0.29, 0.717) is 6.54 Å². The van der Waals surface area contributed by atoms with Crippen molar-refractivity contribution in [1.82, 2.24) is 24.9 Å². The first kappa shape index (κ1) is 12.9. The number of hydrogen-bond acceptors (Lipinski definition) is 3. The fraction of sp³-hybridized carbons (Fsp3) is 0.667. The van der Waals surface area contributed by atoms with Crippen LogP contribution >= 0.6 is 0 Å². The molecule has 1 N–H and O–H groups in total. The van der Waals surface area contributed by atoms with Gasteiger partial charge in [-0.1, -0.05) is 0 Å². The van der Waals surface area contributed by atoms with Crippen molar-refractivity contribution in [1.29, 1.82) is 0 Å². The number of fused-ring (bicyclic) bond motifs is 1. The molecule has 0 unspecified atom stereocenters. The normalized spacial score (nSPS) is 14.8. The molecule has 0 aromatic carbocycles. The van der Waals surface area contributed by atoms with Crippen LogP contribution in [0.5, 0.6) is 0 Å². The minimum Gasteiger partial charge on any atom is -0.331 e. The fourth-order valence-corrected chi connectivity index (χ4v) is 2.15. The Labute approximate surface area is 108 Å². The lowest BCUT2D eigenvalue weighted by Crippen LogP contribution is -2.35. The molecule has 1 aliphatic rings. The number of carbonyl (C=O) groups excluding carboxylic acids is 1. The van der Waals surface area contributed by atoms with E-state index in [9.17, 15) is 4.79 Å². The maximum absolute atomic E-state index is 11.8. The number of hydrogen-bond donors (Lipinski definition) is 1. The van der Waals surface area contributed by atoms with Crippen LogP contribution in [0, 0.1) is 0 Å². The van der Waals surface area contributed by atoms with Gasteiger partial charge in [0.15, 0.2) is 0 Å². The topological polar surface area (TPSA) is 53.4 Å². The Morgan fingerprint density at radius 3 is 3.00 bits per heavy atom. The molecule has 0 atom stereocenters. The van der Waals surface area contributed by atoms with Crippen LogP contribution in [-0.4, -0.2) is 53.3 Å². The van der Waals surface area contributed by atoms with Crippen LogP contribution in [-0.2, 0) is 19.6 Å². The molecule has 2 heterocycles. The summed E-state index contributed by atoms with van der Waals surface area (Å²) in [7, 11) is 5.31. The van der Waals surface area contributed by atoms with Gasteiger partial charge in [-0.25, -0.2) is 4.79 Å². The number of urea groups is 1. The molecular formula is C12H21N5O. The minimum absolute atomic E-state index is 0.00341. The number of rotatable bonds is 2. The average molecular weight is 251 g/mol. The molecular weight excluding hydrogens is 230 g/mol. The molecule has 0 fully saturated rings. The zero-order chi connectivity index (χ0) is 13.1. The second-order valence-corrected chi connectivity index (χ2v) is 4.91. The average Bonchev–Trinajstić information content (AvgIpc) is 2.57. The zero-order valence-electron chi connectivity index (χ0n) is 11.3. The molecule has 0 aliphatic carbocycles. The lowest BCUT2D eigenvalue weighted by Gasteiger charge is -2.20. The first-order valence-corrected chi connectivity index (χ1v) is 6.26. The largest absolute Gasteiger partial charge is 0.331 e. The van der Waals surface area contributed by atoms with Gasteiger partial charge in [-0.15, -0.1) is 0 Å². The van der Waals surface area contributed by atoms with Crippen molar-refractivity contribution in [3.63, 3.8) is 0 Å². The Balaban J connectivity index is 2.04. The summed E-state index contributed by atoms with van der Waals surface area (Å²) in [5.74, 6) is 0. The number of aromatic nitrogens is 2. The summed E-state index contributed by atoms with van der Waals surface area (Å²) in [5.41, 5.74) is 2.15. The molecule has 6 heteroatoms. The maximum atomic E-state index is 11.8. The lowest BCUT2D eigenvalue weighted by atomic mass is 10.3. The Morgan fingerprint density at radius 2 is 2.28 bits per heavy atom. The zero-order valence-corrected chi connectivity index (χ0v) is 11.3. The molecule has 18 heavy (non-hydrogen) atoms. The lowest BCUT2D eigenvalue weighted by molar-refractivity contribution is 0.179. The molecule has 1 aliphatic heterocycles. The predicted molar refractivity (Wildman–Crippen MR) is 69.1 cm³/mol. The van der Waals surface area contributed by atoms with E-state index in [4.69, 9.17) is 0 Å². The van der Waals surface area contributed by atoms with Gasteiger partial charge in [-0.3, -0.25) is 4.68 Å². The van der Waals surface area contributed by atoms with Gasteiger partial charge in [0, 0.05) is 34.2 Å². The van der Waals surface area contributed by atoms with E-state index < -0.39 is 0 Å². The second-order valence-electron chi connectivity index (χ2n) is 4.91. The van der Waals surface area contributed by atoms with Crippen molar-refractivity contribution in [3.05, 3.63) is 17.5 Å². The third kappa shape index (κ3) is 2.81. The molecule has 0 saturated heterocycles. The van der Waals surface area contributed by atoms with Crippen LogP contribution in [0.2, 0.25) is 0 Å². The first-order valence-electron chi connectivity index (χ1n) is 6.26. The quantitative estimate of drug-likeness (QED) is 0.832. The highest BCUT2D eigenvalue weighted by Gasteiger charge is 2.15. The van der Waals surface area contributed by atoms with Crippen LogP contribution in [0.3, 0.4) is 0 Å². The van der Waals surface area contributed by atoms with Crippen LogP contribution in [0.1, 0.15) is 17.8 Å². The van der Waals surface area contributed by atoms with Crippen molar-refractivity contribution in [2.75, 3.05) is 27.7 Å². The molecule has 2 amide bonds. The van der Waals surface area contributed by atoms with Gasteiger partial charge in [0.2, 0.25) is 0 Å². The molecule has 0 radical (unpaired) electrons. The highest BCUT2D eigenvalue weighted by atomic mass is 16.2.